The molecule has 0 aliphatic rings. The number of carbonyl (C=O) groups is 1. The van der Waals surface area contributed by atoms with Crippen molar-refractivity contribution in [3.63, 3.8) is 0 Å². The lowest BCUT2D eigenvalue weighted by molar-refractivity contribution is -0.139. The number of sulfonamides is 1. The summed E-state index contributed by atoms with van der Waals surface area (Å²) in [6.07, 6.45) is 0. The molecule has 0 amide bonds. The van der Waals surface area contributed by atoms with E-state index in [-0.39, 0.29) is 17.2 Å². The second-order valence-electron chi connectivity index (χ2n) is 7.07. The third-order valence-electron chi connectivity index (χ3n) is 4.66. The molecule has 0 aliphatic heterocycles. The van der Waals surface area contributed by atoms with Crippen molar-refractivity contribution in [2.24, 2.45) is 0 Å². The van der Waals surface area contributed by atoms with Crippen molar-refractivity contribution in [3.05, 3.63) is 82.6 Å². The third-order valence-corrected chi connectivity index (χ3v) is 6.70. The molecule has 1 N–H and O–H groups in total. The Morgan fingerprint density at radius 1 is 1.15 bits per heavy atom. The zero-order chi connectivity index (χ0) is 24.2. The van der Waals surface area contributed by atoms with Crippen LogP contribution in [0.2, 0.25) is 5.02 Å². The van der Waals surface area contributed by atoms with Crippen LogP contribution in [0.25, 0.3) is 11.1 Å². The fourth-order valence-corrected chi connectivity index (χ4v) is 4.50. The van der Waals surface area contributed by atoms with Crippen LogP contribution in [-0.2, 0) is 21.4 Å². The minimum absolute atomic E-state index is 0.0302. The molecule has 170 valence electrons. The van der Waals surface area contributed by atoms with E-state index in [1.54, 1.807) is 24.3 Å². The van der Waals surface area contributed by atoms with Gasteiger partial charge >= 0.3 is 5.97 Å². The highest BCUT2D eigenvalue weighted by Crippen LogP contribution is 2.34. The van der Waals surface area contributed by atoms with E-state index in [9.17, 15) is 22.9 Å². The summed E-state index contributed by atoms with van der Waals surface area (Å²) in [5.74, 6) is -1.48. The van der Waals surface area contributed by atoms with Gasteiger partial charge in [-0.05, 0) is 65.7 Å². The standard InChI is InChI=1S/C23H18ClFN2O5S/c1-27(33(30,31)20-5-3-19(25)4-6-20)13-15-2-7-22(32-14-23(28)29)21(10-15)17-8-16(12-26)9-18(24)11-17/h2-11H,13-14H2,1H3,(H,28,29). The summed E-state index contributed by atoms with van der Waals surface area (Å²) in [6.45, 7) is -0.617. The lowest BCUT2D eigenvalue weighted by Crippen LogP contribution is -2.26. The Labute approximate surface area is 195 Å². The Kier molecular flexibility index (Phi) is 7.33. The first-order valence-electron chi connectivity index (χ1n) is 9.50. The first-order chi connectivity index (χ1) is 15.6. The van der Waals surface area contributed by atoms with Crippen LogP contribution in [0.1, 0.15) is 11.1 Å². The van der Waals surface area contributed by atoms with Crippen LogP contribution in [0.4, 0.5) is 4.39 Å². The van der Waals surface area contributed by atoms with Crippen LogP contribution >= 0.6 is 11.6 Å². The van der Waals surface area contributed by atoms with Crippen LogP contribution in [0.3, 0.4) is 0 Å². The number of nitrogens with zero attached hydrogens (tertiary/aromatic N) is 2. The lowest BCUT2D eigenvalue weighted by atomic mass is 10.00. The topological polar surface area (TPSA) is 108 Å². The van der Waals surface area contributed by atoms with E-state index >= 15 is 0 Å². The van der Waals surface area contributed by atoms with Gasteiger partial charge in [0.25, 0.3) is 0 Å². The molecular formula is C23H18ClFN2O5S. The Balaban J connectivity index is 1.99. The summed E-state index contributed by atoms with van der Waals surface area (Å²) >= 11 is 6.12. The van der Waals surface area contributed by atoms with Gasteiger partial charge in [-0.25, -0.2) is 17.6 Å². The number of carboxylic acids is 1. The summed E-state index contributed by atoms with van der Waals surface area (Å²) in [5.41, 5.74) is 1.81. The molecule has 0 aromatic heterocycles. The van der Waals surface area contributed by atoms with Gasteiger partial charge in [0.15, 0.2) is 6.61 Å². The molecule has 0 saturated heterocycles. The van der Waals surface area contributed by atoms with Crippen molar-refractivity contribution in [1.82, 2.24) is 4.31 Å². The smallest absolute Gasteiger partial charge is 0.341 e. The van der Waals surface area contributed by atoms with Crippen LogP contribution < -0.4 is 4.74 Å². The number of benzene rings is 3. The molecule has 0 atom stereocenters. The third kappa shape index (κ3) is 5.87. The van der Waals surface area contributed by atoms with Crippen molar-refractivity contribution in [2.45, 2.75) is 11.4 Å². The zero-order valence-electron chi connectivity index (χ0n) is 17.3. The molecule has 0 bridgehead atoms. The predicted octanol–water partition coefficient (Wildman–Crippen LogP) is 4.30. The van der Waals surface area contributed by atoms with Gasteiger partial charge in [0.05, 0.1) is 16.5 Å². The number of hydrogen-bond acceptors (Lipinski definition) is 5. The average molecular weight is 489 g/mol. The number of rotatable bonds is 8. The van der Waals surface area contributed by atoms with Crippen LogP contribution in [0, 0.1) is 17.1 Å². The summed E-state index contributed by atoms with van der Waals surface area (Å²) in [5, 5.41) is 18.5. The average Bonchev–Trinajstić information content (AvgIpc) is 2.77. The highest BCUT2D eigenvalue weighted by Gasteiger charge is 2.22. The van der Waals surface area contributed by atoms with Crippen LogP contribution in [0.15, 0.2) is 65.6 Å². The maximum absolute atomic E-state index is 13.2. The molecule has 0 aliphatic carbocycles. The maximum Gasteiger partial charge on any atom is 0.341 e. The molecule has 3 rings (SSSR count). The minimum Gasteiger partial charge on any atom is -0.481 e. The van der Waals surface area contributed by atoms with Crippen molar-refractivity contribution in [2.75, 3.05) is 13.7 Å². The van der Waals surface area contributed by atoms with Gasteiger partial charge in [-0.3, -0.25) is 0 Å². The molecule has 0 heterocycles. The van der Waals surface area contributed by atoms with Crippen molar-refractivity contribution in [3.8, 4) is 22.9 Å². The number of carboxylic acid groups (broad SMARTS) is 1. The van der Waals surface area contributed by atoms with Crippen molar-refractivity contribution in [1.29, 1.82) is 5.26 Å². The Bertz CT molecular complexity index is 1340. The minimum atomic E-state index is -3.89. The van der Waals surface area contributed by atoms with Gasteiger partial charge in [0, 0.05) is 24.2 Å². The van der Waals surface area contributed by atoms with E-state index in [1.807, 2.05) is 6.07 Å². The van der Waals surface area contributed by atoms with E-state index in [0.29, 0.717) is 27.3 Å². The predicted molar refractivity (Wildman–Crippen MR) is 120 cm³/mol. The molecule has 0 radical (unpaired) electrons. The highest BCUT2D eigenvalue weighted by atomic mass is 35.5. The summed E-state index contributed by atoms with van der Waals surface area (Å²) in [4.78, 5) is 10.9. The van der Waals surface area contributed by atoms with E-state index < -0.39 is 28.4 Å². The van der Waals surface area contributed by atoms with E-state index in [2.05, 4.69) is 0 Å². The van der Waals surface area contributed by atoms with E-state index in [1.165, 1.54) is 31.3 Å². The lowest BCUT2D eigenvalue weighted by Gasteiger charge is -2.19. The molecule has 0 saturated carbocycles. The Morgan fingerprint density at radius 3 is 2.48 bits per heavy atom. The van der Waals surface area contributed by atoms with Crippen LogP contribution in [-0.4, -0.2) is 37.5 Å². The van der Waals surface area contributed by atoms with Gasteiger partial charge in [-0.2, -0.15) is 9.57 Å². The van der Waals surface area contributed by atoms with Crippen LogP contribution in [0.5, 0.6) is 5.75 Å². The Hall–Kier alpha value is -3.45. The Morgan fingerprint density at radius 2 is 1.85 bits per heavy atom. The van der Waals surface area contributed by atoms with E-state index in [4.69, 9.17) is 21.4 Å². The fraction of sp³-hybridized carbons (Fsp3) is 0.130. The number of ether oxygens (including phenoxy) is 1. The monoisotopic (exact) mass is 488 g/mol. The second kappa shape index (κ2) is 10.0. The normalized spacial score (nSPS) is 11.2. The van der Waals surface area contributed by atoms with Gasteiger partial charge in [-0.1, -0.05) is 17.7 Å². The number of halogens is 2. The second-order valence-corrected chi connectivity index (χ2v) is 9.55. The molecule has 33 heavy (non-hydrogen) atoms. The molecule has 3 aromatic carbocycles. The maximum atomic E-state index is 13.2. The number of aliphatic carboxylic acids is 1. The molecule has 0 unspecified atom stereocenters. The molecule has 7 nitrogen and oxygen atoms in total. The summed E-state index contributed by atoms with van der Waals surface area (Å²) in [7, 11) is -2.50. The summed E-state index contributed by atoms with van der Waals surface area (Å²) in [6, 6.07) is 15.9. The largest absolute Gasteiger partial charge is 0.481 e. The van der Waals surface area contributed by atoms with E-state index in [0.717, 1.165) is 16.4 Å². The highest BCUT2D eigenvalue weighted by molar-refractivity contribution is 7.89. The molecule has 3 aromatic rings. The fourth-order valence-electron chi connectivity index (χ4n) is 3.10. The molecule has 0 spiro atoms. The zero-order valence-corrected chi connectivity index (χ0v) is 18.9. The number of nitriles is 1. The number of hydrogen-bond donors (Lipinski definition) is 1. The SMILES string of the molecule is CN(Cc1ccc(OCC(=O)O)c(-c2cc(Cl)cc(C#N)c2)c1)S(=O)(=O)c1ccc(F)cc1. The molecule has 0 fully saturated rings. The van der Waals surface area contributed by atoms with Gasteiger partial charge < -0.3 is 9.84 Å². The van der Waals surface area contributed by atoms with Gasteiger partial charge in [0.2, 0.25) is 10.0 Å². The molecule has 10 heteroatoms. The van der Waals surface area contributed by atoms with Gasteiger partial charge in [0.1, 0.15) is 11.6 Å². The van der Waals surface area contributed by atoms with Gasteiger partial charge in [-0.15, -0.1) is 0 Å². The van der Waals surface area contributed by atoms with Crippen molar-refractivity contribution < 1.29 is 27.4 Å². The molecular weight excluding hydrogens is 471 g/mol. The summed E-state index contributed by atoms with van der Waals surface area (Å²) < 4.78 is 45.3. The quantitative estimate of drug-likeness (QED) is 0.506. The van der Waals surface area contributed by atoms with Crippen molar-refractivity contribution >= 4 is 27.6 Å². The first kappa shape index (κ1) is 24.2. The first-order valence-corrected chi connectivity index (χ1v) is 11.3.